The molecule has 5 aromatic carbocycles. The second-order valence-corrected chi connectivity index (χ2v) is 29.9. The zero-order chi connectivity index (χ0) is 82.7. The highest BCUT2D eigenvalue weighted by molar-refractivity contribution is 8.00. The molecule has 0 aromatic heterocycles. The maximum absolute atomic E-state index is 14.9. The number of ether oxygens (including phenoxy) is 10. The molecule has 2 saturated heterocycles. The summed E-state index contributed by atoms with van der Waals surface area (Å²) >= 11 is 0.705. The van der Waals surface area contributed by atoms with Crippen molar-refractivity contribution in [2.45, 2.75) is 190 Å². The van der Waals surface area contributed by atoms with Gasteiger partial charge in [0.2, 0.25) is 11.3 Å². The number of carbonyl (C=O) groups excluding carboxylic acids is 9. The van der Waals surface area contributed by atoms with E-state index < -0.39 is 158 Å². The molecule has 614 valence electrons. The number of hydrogen-bond acceptors (Lipinski definition) is 24. The number of allylic oxidation sites excluding steroid dienone is 1. The molecule has 3 heterocycles. The summed E-state index contributed by atoms with van der Waals surface area (Å²) in [6.45, 7) is 4.16. The van der Waals surface area contributed by atoms with Crippen LogP contribution in [0.4, 0.5) is 5.69 Å². The lowest BCUT2D eigenvalue weighted by atomic mass is 9.89. The normalized spacial score (nSPS) is 19.7. The molecule has 12 atom stereocenters. The number of carbonyl (C=O) groups is 10. The minimum atomic E-state index is -1.90. The number of carboxylic acid groups (broad SMARTS) is 1. The van der Waals surface area contributed by atoms with E-state index in [9.17, 15) is 58.2 Å². The average molecular weight is 1600 g/mol. The van der Waals surface area contributed by atoms with Crippen LogP contribution in [0.25, 0.3) is 33.4 Å². The van der Waals surface area contributed by atoms with Gasteiger partial charge in [-0.1, -0.05) is 138 Å². The van der Waals surface area contributed by atoms with Crippen molar-refractivity contribution < 1.29 is 110 Å². The van der Waals surface area contributed by atoms with Gasteiger partial charge >= 0.3 is 47.8 Å². The van der Waals surface area contributed by atoms with Crippen LogP contribution < -0.4 is 25.5 Å². The van der Waals surface area contributed by atoms with E-state index >= 15 is 0 Å². The number of aromatic carboxylic acids is 1. The molecule has 1 aliphatic carbocycles. The molecule has 0 spiro atoms. The van der Waals surface area contributed by atoms with E-state index in [1.807, 2.05) is 74.1 Å². The van der Waals surface area contributed by atoms with Gasteiger partial charge in [-0.2, -0.15) is 0 Å². The molecule has 9 rings (SSSR count). The van der Waals surface area contributed by atoms with E-state index in [1.165, 1.54) is 99.2 Å². The number of fused-ring (bicyclic) bond motifs is 2. The highest BCUT2D eigenvalue weighted by atomic mass is 32.2. The fraction of sp³-hybridized carbons (Fsp3) is 0.437. The number of hydrogen-bond donors (Lipinski definition) is 4. The monoisotopic (exact) mass is 1600 g/mol. The van der Waals surface area contributed by atoms with Gasteiger partial charge in [0, 0.05) is 94.7 Å². The lowest BCUT2D eigenvalue weighted by Crippen LogP contribution is -2.64. The van der Waals surface area contributed by atoms with E-state index in [1.54, 1.807) is 60.7 Å². The van der Waals surface area contributed by atoms with Gasteiger partial charge in [-0.05, 0) is 91.2 Å². The van der Waals surface area contributed by atoms with Crippen LogP contribution in [-0.4, -0.2) is 196 Å². The number of amides is 2. The number of nitrogens with one attached hydrogen (secondary N) is 2. The Hall–Kier alpha value is -10.8. The number of nitrogens with zero attached hydrogens (tertiary/aromatic N) is 2. The van der Waals surface area contributed by atoms with E-state index in [-0.39, 0.29) is 39.9 Å². The second-order valence-electron chi connectivity index (χ2n) is 28.6. The topological polar surface area (TPSA) is 347 Å². The molecule has 3 aliphatic heterocycles. The fourth-order valence-corrected chi connectivity index (χ4v) is 15.1. The summed E-state index contributed by atoms with van der Waals surface area (Å²) in [5.74, 6) is -8.58. The van der Waals surface area contributed by atoms with Gasteiger partial charge in [-0.3, -0.25) is 28.8 Å². The van der Waals surface area contributed by atoms with E-state index in [0.717, 1.165) is 70.8 Å². The first-order chi connectivity index (χ1) is 55.3. The SMILES string of the molecule is CCCCCCCCCCCCC/C=C/[C@@H](O)[C@H](CO[C@@H]1O[C@H](COC(=O)c2ccccc2)[C@@H](S[C@@H]2O[C@H](COC(C)=O)[C@H](OC(C)=O)[C@H](OC(C)=O)[C@H]2OC(C)=O)[C@H](OC(=O)c2ccccc2)[C@H]1OC(=O)c1ccccc1)NC(=O)CCNC(=O)c1ccc(C(=O)O)c(-c2c3ccc(=[N+](C)C)cc-3oc3cc(N(C)C)ccc23)c1. The van der Waals surface area contributed by atoms with Crippen molar-refractivity contribution in [1.82, 2.24) is 15.2 Å². The fourth-order valence-electron chi connectivity index (χ4n) is 13.6. The second kappa shape index (κ2) is 43.6. The highest BCUT2D eigenvalue weighted by Gasteiger charge is 2.58. The maximum Gasteiger partial charge on any atom is 0.338 e. The Kier molecular flexibility index (Phi) is 33.5. The molecule has 0 unspecified atom stereocenters. The number of unbranched alkanes of at least 4 members (excludes halogenated alkanes) is 11. The van der Waals surface area contributed by atoms with Crippen molar-refractivity contribution in [1.29, 1.82) is 0 Å². The van der Waals surface area contributed by atoms with Crippen LogP contribution in [0.15, 0.2) is 162 Å². The minimum absolute atomic E-state index is 0.00205. The molecule has 0 radical (unpaired) electrons. The molecule has 0 saturated carbocycles. The number of anilines is 1. The number of rotatable bonds is 39. The number of carboxylic acids is 1. The highest BCUT2D eigenvalue weighted by Crippen LogP contribution is 2.45. The Morgan fingerprint density at radius 2 is 1.15 bits per heavy atom. The van der Waals surface area contributed by atoms with Crippen LogP contribution in [0.3, 0.4) is 0 Å². The molecule has 2 fully saturated rings. The first kappa shape index (κ1) is 88.2. The van der Waals surface area contributed by atoms with Crippen molar-refractivity contribution in [3.8, 4) is 22.5 Å². The number of aliphatic hydroxyl groups is 1. The zero-order valence-electron chi connectivity index (χ0n) is 66.2. The van der Waals surface area contributed by atoms with Crippen LogP contribution in [0.2, 0.25) is 0 Å². The predicted molar refractivity (Wildman–Crippen MR) is 428 cm³/mol. The molecule has 4 N–H and O–H groups in total. The predicted octanol–water partition coefficient (Wildman–Crippen LogP) is 11.5. The largest absolute Gasteiger partial charge is 0.478 e. The molecule has 4 aliphatic rings. The summed E-state index contributed by atoms with van der Waals surface area (Å²) in [5, 5.41) is 28.6. The third-order valence-electron chi connectivity index (χ3n) is 19.4. The molecule has 28 heteroatoms. The molecule has 27 nitrogen and oxygen atoms in total. The Morgan fingerprint density at radius 3 is 1.73 bits per heavy atom. The van der Waals surface area contributed by atoms with Crippen molar-refractivity contribution >= 4 is 88.0 Å². The van der Waals surface area contributed by atoms with E-state index in [2.05, 4.69) is 17.6 Å². The quantitative estimate of drug-likeness (QED) is 0.00694. The first-order valence-electron chi connectivity index (χ1n) is 38.7. The standard InChI is InChI=1S/C87H102N4O23S/c1-10-11-12-13-14-15-16-17-18-19-20-21-31-38-68(96)67(89-73(97)45-46-88-81(98)60-39-42-63(82(99)100)66(47-60)74-64-43-40-61(90(6)7)48-69(64)110-70-49-62(91(8)9)41-44-65(70)74)50-106-86-78(114-85(103)59-36-29-24-30-37-59)77(113-84(102)58-34-27-23-28-35-58)80(72(111-86)52-105-83(101)57-32-25-22-26-33-57)115-87-79(109-56(5)95)76(108-55(4)94)75(107-54(3)93)71(112-87)51-104-53(2)92/h22-44,47-49,67-68,71-72,75-80,86-87,96H,10-21,45-46,50-52H2,1-9H3,(H2-,88,89,97,98,99,100)/p+1/b38-31+/t67-,68+,71+,72+,75-,76-,77+,78+,79+,80+,86+,87-/m0/s1. The lowest BCUT2D eigenvalue weighted by molar-refractivity contribution is -0.270. The maximum atomic E-state index is 14.9. The summed E-state index contributed by atoms with van der Waals surface area (Å²) in [5.41, 5.74) is 1.03. The average Bonchev–Trinajstić information content (AvgIpc) is 0.735. The third kappa shape index (κ3) is 25.4. The number of thioether (sulfide) groups is 1. The smallest absolute Gasteiger partial charge is 0.338 e. The van der Waals surface area contributed by atoms with E-state index in [4.69, 9.17) is 51.8 Å². The number of benzene rings is 6. The third-order valence-corrected chi connectivity index (χ3v) is 20.9. The van der Waals surface area contributed by atoms with Crippen molar-refractivity contribution in [3.05, 3.63) is 191 Å². The van der Waals surface area contributed by atoms with Gasteiger partial charge in [-0.25, -0.2) is 23.8 Å². The van der Waals surface area contributed by atoms with Crippen LogP contribution in [0, 0.1) is 0 Å². The Bertz CT molecular complexity index is 4550. The van der Waals surface area contributed by atoms with Crippen molar-refractivity contribution in [2.24, 2.45) is 0 Å². The molecular formula is C87H103N4O23S+. The van der Waals surface area contributed by atoms with Gasteiger partial charge < -0.3 is 77.5 Å². The summed E-state index contributed by atoms with van der Waals surface area (Å²) in [6, 6.07) is 37.2. The van der Waals surface area contributed by atoms with Gasteiger partial charge in [-0.15, -0.1) is 11.8 Å². The summed E-state index contributed by atoms with van der Waals surface area (Å²) in [7, 11) is 7.53. The number of esters is 7. The van der Waals surface area contributed by atoms with Gasteiger partial charge in [0.1, 0.15) is 56.3 Å². The summed E-state index contributed by atoms with van der Waals surface area (Å²) in [4.78, 5) is 140. The molecule has 2 amide bonds. The first-order valence-corrected chi connectivity index (χ1v) is 39.7. The van der Waals surface area contributed by atoms with Crippen LogP contribution in [0.1, 0.15) is 170 Å². The Morgan fingerprint density at radius 1 is 0.574 bits per heavy atom. The number of aliphatic hydroxyl groups excluding tert-OH is 1. The molecule has 0 bridgehead atoms. The van der Waals surface area contributed by atoms with Crippen LogP contribution >= 0.6 is 11.8 Å². The molecule has 115 heavy (non-hydrogen) atoms. The van der Waals surface area contributed by atoms with Gasteiger partial charge in [0.25, 0.3) is 5.91 Å². The van der Waals surface area contributed by atoms with Crippen LogP contribution in [-0.2, 0) is 71.3 Å². The summed E-state index contributed by atoms with van der Waals surface area (Å²) < 4.78 is 70.4. The molecular weight excluding hydrogens is 1500 g/mol. The Labute approximate surface area is 672 Å². The van der Waals surface area contributed by atoms with Gasteiger partial charge in [0.05, 0.1) is 52.3 Å². The van der Waals surface area contributed by atoms with Crippen LogP contribution in [0.5, 0.6) is 0 Å². The summed E-state index contributed by atoms with van der Waals surface area (Å²) in [6.07, 6.45) is 0.467. The molecule has 5 aromatic rings. The van der Waals surface area contributed by atoms with Crippen molar-refractivity contribution in [3.63, 3.8) is 0 Å². The van der Waals surface area contributed by atoms with Crippen molar-refractivity contribution in [2.75, 3.05) is 59.5 Å². The minimum Gasteiger partial charge on any atom is -0.478 e. The lowest BCUT2D eigenvalue weighted by Gasteiger charge is -2.48. The van der Waals surface area contributed by atoms with Gasteiger partial charge in [0.15, 0.2) is 36.8 Å². The Balaban J connectivity index is 1.07. The zero-order valence-corrected chi connectivity index (χ0v) is 67.0. The van der Waals surface area contributed by atoms with E-state index in [0.29, 0.717) is 46.0 Å².